The predicted octanol–water partition coefficient (Wildman–Crippen LogP) is 3.96. The minimum Gasteiger partial charge on any atom is -0.463 e. The Morgan fingerprint density at radius 3 is 2.50 bits per heavy atom. The normalized spacial score (nSPS) is 15.8. The second-order valence-corrected chi connectivity index (χ2v) is 10.4. The van der Waals surface area contributed by atoms with Crippen LogP contribution >= 0.6 is 11.3 Å². The van der Waals surface area contributed by atoms with Crippen molar-refractivity contribution in [1.29, 1.82) is 0 Å². The first-order valence-electron chi connectivity index (χ1n) is 13.3. The molecule has 4 heterocycles. The largest absolute Gasteiger partial charge is 0.463 e. The van der Waals surface area contributed by atoms with Gasteiger partial charge in [-0.3, -0.25) is 9.36 Å². The minimum absolute atomic E-state index is 0.0990. The highest BCUT2D eigenvalue weighted by molar-refractivity contribution is 7.07. The zero-order chi connectivity index (χ0) is 29.4. The SMILES string of the molecule is CCOC(=O)C1=C(C)N=c2sc(=Cc3ccc(-c4ccc(C(=O)OCC)cc4)o3)c(=O)n2[C@H]1c1ccc2c(c1)OCO2. The fourth-order valence-electron chi connectivity index (χ4n) is 4.89. The summed E-state index contributed by atoms with van der Waals surface area (Å²) in [6.45, 7) is 5.79. The van der Waals surface area contributed by atoms with Crippen molar-refractivity contribution in [2.24, 2.45) is 4.99 Å². The number of hydrogen-bond donors (Lipinski definition) is 0. The van der Waals surface area contributed by atoms with Crippen LogP contribution in [0, 0.1) is 0 Å². The summed E-state index contributed by atoms with van der Waals surface area (Å²) in [6.07, 6.45) is 1.65. The van der Waals surface area contributed by atoms with E-state index in [-0.39, 0.29) is 30.5 Å². The van der Waals surface area contributed by atoms with Gasteiger partial charge in [0, 0.05) is 11.6 Å². The maximum Gasteiger partial charge on any atom is 0.338 e. The molecular weight excluding hydrogens is 560 g/mol. The van der Waals surface area contributed by atoms with Crippen LogP contribution in [-0.2, 0) is 14.3 Å². The number of ether oxygens (including phenoxy) is 4. The average molecular weight is 587 g/mol. The Labute approximate surface area is 243 Å². The molecule has 11 heteroatoms. The summed E-state index contributed by atoms with van der Waals surface area (Å²) in [4.78, 5) is 44.0. The smallest absolute Gasteiger partial charge is 0.338 e. The lowest BCUT2D eigenvalue weighted by Gasteiger charge is -2.24. The lowest BCUT2D eigenvalue weighted by atomic mass is 9.95. The summed E-state index contributed by atoms with van der Waals surface area (Å²) in [5.41, 5.74) is 2.30. The molecule has 0 amide bonds. The molecule has 2 aromatic heterocycles. The molecule has 6 rings (SSSR count). The molecule has 0 radical (unpaired) electrons. The first kappa shape index (κ1) is 27.3. The standard InChI is InChI=1S/C31H26N2O8S/c1-4-37-29(35)19-8-6-18(7-9-19)22-13-11-21(41-22)15-25-28(34)33-27(20-10-12-23-24(14-20)40-16-39-23)26(30(36)38-5-2)17(3)32-31(33)42-25/h6-15,27H,4-5,16H2,1-3H3/t27-/m0/s1. The Morgan fingerprint density at radius 1 is 1.00 bits per heavy atom. The Hall–Kier alpha value is -4.90. The van der Waals surface area contributed by atoms with Crippen LogP contribution in [0.25, 0.3) is 17.4 Å². The van der Waals surface area contributed by atoms with Gasteiger partial charge in [-0.25, -0.2) is 14.6 Å². The molecule has 2 aromatic carbocycles. The second kappa shape index (κ2) is 11.2. The van der Waals surface area contributed by atoms with E-state index in [2.05, 4.69) is 4.99 Å². The number of benzene rings is 2. The minimum atomic E-state index is -0.776. The molecule has 0 aliphatic carbocycles. The van der Waals surface area contributed by atoms with Crippen molar-refractivity contribution >= 4 is 29.4 Å². The van der Waals surface area contributed by atoms with E-state index in [9.17, 15) is 14.4 Å². The zero-order valence-corrected chi connectivity index (χ0v) is 23.9. The number of allylic oxidation sites excluding steroid dienone is 1. The highest BCUT2D eigenvalue weighted by Gasteiger charge is 2.34. The lowest BCUT2D eigenvalue weighted by molar-refractivity contribution is -0.139. The van der Waals surface area contributed by atoms with Crippen LogP contribution in [0.15, 0.2) is 80.1 Å². The van der Waals surface area contributed by atoms with Gasteiger partial charge in [0.05, 0.1) is 40.6 Å². The average Bonchev–Trinajstić information content (AvgIpc) is 3.72. The number of aromatic nitrogens is 1. The summed E-state index contributed by atoms with van der Waals surface area (Å²) >= 11 is 1.20. The van der Waals surface area contributed by atoms with Gasteiger partial charge in [-0.15, -0.1) is 0 Å². The van der Waals surface area contributed by atoms with Gasteiger partial charge in [-0.2, -0.15) is 0 Å². The highest BCUT2D eigenvalue weighted by atomic mass is 32.1. The lowest BCUT2D eigenvalue weighted by Crippen LogP contribution is -2.39. The van der Waals surface area contributed by atoms with Gasteiger partial charge in [0.1, 0.15) is 11.5 Å². The number of esters is 2. The summed E-state index contributed by atoms with van der Waals surface area (Å²) in [5, 5.41) is 0. The first-order valence-corrected chi connectivity index (χ1v) is 14.2. The Bertz CT molecular complexity index is 1910. The predicted molar refractivity (Wildman–Crippen MR) is 153 cm³/mol. The van der Waals surface area contributed by atoms with E-state index in [0.29, 0.717) is 55.8 Å². The van der Waals surface area contributed by atoms with Gasteiger partial charge < -0.3 is 23.4 Å². The molecule has 0 saturated heterocycles. The number of rotatable bonds is 7. The van der Waals surface area contributed by atoms with Gasteiger partial charge in [0.25, 0.3) is 5.56 Å². The molecule has 0 unspecified atom stereocenters. The molecule has 0 bridgehead atoms. The molecule has 214 valence electrons. The van der Waals surface area contributed by atoms with Crippen molar-refractivity contribution in [1.82, 2.24) is 4.57 Å². The molecule has 2 aliphatic heterocycles. The zero-order valence-electron chi connectivity index (χ0n) is 23.0. The first-order chi connectivity index (χ1) is 20.4. The maximum absolute atomic E-state index is 13.9. The fraction of sp³-hybridized carbons (Fsp3) is 0.226. The van der Waals surface area contributed by atoms with Gasteiger partial charge in [0.2, 0.25) is 6.79 Å². The van der Waals surface area contributed by atoms with Crippen molar-refractivity contribution in [3.63, 3.8) is 0 Å². The number of furan rings is 1. The van der Waals surface area contributed by atoms with Crippen molar-refractivity contribution in [3.05, 3.63) is 102 Å². The highest BCUT2D eigenvalue weighted by Crippen LogP contribution is 2.38. The summed E-state index contributed by atoms with van der Waals surface area (Å²) in [7, 11) is 0. The molecule has 10 nitrogen and oxygen atoms in total. The number of carbonyl (C=O) groups is 2. The summed E-state index contributed by atoms with van der Waals surface area (Å²) in [5.74, 6) is 1.23. The summed E-state index contributed by atoms with van der Waals surface area (Å²) < 4.78 is 29.3. The third-order valence-electron chi connectivity index (χ3n) is 6.81. The van der Waals surface area contributed by atoms with E-state index in [0.717, 1.165) is 5.56 Å². The van der Waals surface area contributed by atoms with E-state index >= 15 is 0 Å². The van der Waals surface area contributed by atoms with Crippen molar-refractivity contribution < 1.29 is 33.0 Å². The van der Waals surface area contributed by atoms with Gasteiger partial charge in [0.15, 0.2) is 16.3 Å². The van der Waals surface area contributed by atoms with Crippen LogP contribution in [0.2, 0.25) is 0 Å². The number of fused-ring (bicyclic) bond motifs is 2. The third-order valence-corrected chi connectivity index (χ3v) is 7.79. The Kier molecular flexibility index (Phi) is 7.26. The molecule has 1 atom stereocenters. The van der Waals surface area contributed by atoms with E-state index < -0.39 is 12.0 Å². The van der Waals surface area contributed by atoms with Gasteiger partial charge in [-0.05, 0) is 62.7 Å². The third kappa shape index (κ3) is 4.92. The number of hydrogen-bond acceptors (Lipinski definition) is 10. The fourth-order valence-corrected chi connectivity index (χ4v) is 5.92. The van der Waals surface area contributed by atoms with E-state index in [4.69, 9.17) is 23.4 Å². The van der Waals surface area contributed by atoms with Crippen LogP contribution in [0.4, 0.5) is 0 Å². The van der Waals surface area contributed by atoms with Crippen LogP contribution in [0.3, 0.4) is 0 Å². The molecular formula is C31H26N2O8S. The molecule has 0 spiro atoms. The number of thiazole rings is 1. The molecule has 0 N–H and O–H groups in total. The Morgan fingerprint density at radius 2 is 1.74 bits per heavy atom. The monoisotopic (exact) mass is 586 g/mol. The van der Waals surface area contributed by atoms with Crippen LogP contribution in [0.1, 0.15) is 48.5 Å². The summed E-state index contributed by atoms with van der Waals surface area (Å²) in [6, 6.07) is 15.0. The van der Waals surface area contributed by atoms with E-state index in [1.165, 1.54) is 15.9 Å². The Balaban J connectivity index is 1.40. The van der Waals surface area contributed by atoms with Crippen LogP contribution in [0.5, 0.6) is 11.5 Å². The van der Waals surface area contributed by atoms with Crippen molar-refractivity contribution in [2.75, 3.05) is 20.0 Å². The molecule has 0 fully saturated rings. The van der Waals surface area contributed by atoms with Gasteiger partial charge in [-0.1, -0.05) is 29.5 Å². The quantitative estimate of drug-likeness (QED) is 0.299. The second-order valence-electron chi connectivity index (χ2n) is 9.41. The van der Waals surface area contributed by atoms with Crippen LogP contribution < -0.4 is 24.4 Å². The molecule has 0 saturated carbocycles. The topological polar surface area (TPSA) is 119 Å². The molecule has 4 aromatic rings. The maximum atomic E-state index is 13.9. The van der Waals surface area contributed by atoms with Crippen molar-refractivity contribution in [2.45, 2.75) is 26.8 Å². The van der Waals surface area contributed by atoms with E-state index in [1.807, 2.05) is 0 Å². The van der Waals surface area contributed by atoms with Crippen molar-refractivity contribution in [3.8, 4) is 22.8 Å². The number of carbonyl (C=O) groups excluding carboxylic acids is 2. The molecule has 2 aliphatic rings. The molecule has 42 heavy (non-hydrogen) atoms. The van der Waals surface area contributed by atoms with Gasteiger partial charge >= 0.3 is 11.9 Å². The van der Waals surface area contributed by atoms with Crippen LogP contribution in [-0.4, -0.2) is 36.5 Å². The van der Waals surface area contributed by atoms with E-state index in [1.54, 1.807) is 81.4 Å². The number of nitrogens with zero attached hydrogens (tertiary/aromatic N) is 2.